The van der Waals surface area contributed by atoms with Gasteiger partial charge < -0.3 is 14.5 Å². The average Bonchev–Trinajstić information content (AvgIpc) is 3.15. The van der Waals surface area contributed by atoms with Crippen LogP contribution in [0.15, 0.2) is 53.3 Å². The highest BCUT2D eigenvalue weighted by Crippen LogP contribution is 2.22. The van der Waals surface area contributed by atoms with Gasteiger partial charge in [-0.2, -0.15) is 0 Å². The fourth-order valence-corrected chi connectivity index (χ4v) is 2.63. The zero-order chi connectivity index (χ0) is 18.4. The number of hydrogen-bond acceptors (Lipinski definition) is 5. The van der Waals surface area contributed by atoms with Crippen LogP contribution in [-0.2, 0) is 4.79 Å². The summed E-state index contributed by atoms with van der Waals surface area (Å²) in [4.78, 5) is 12.0. The number of amides is 1. The molecule has 7 heteroatoms. The summed E-state index contributed by atoms with van der Waals surface area (Å²) in [6, 6.07) is 12.7. The molecule has 0 aliphatic carbocycles. The Morgan fingerprint density at radius 3 is 2.73 bits per heavy atom. The number of carbonyl (C=O) groups excluding carboxylic acids is 1. The van der Waals surface area contributed by atoms with Gasteiger partial charge in [-0.05, 0) is 61.4 Å². The van der Waals surface area contributed by atoms with Crippen LogP contribution in [0.2, 0.25) is 5.02 Å². The molecule has 0 saturated heterocycles. The van der Waals surface area contributed by atoms with Gasteiger partial charge in [0.15, 0.2) is 0 Å². The minimum atomic E-state index is -0.0630. The standard InChI is InChI=1S/C19H18ClN3O3/c1-13-11-15(20)6-9-17(13)25-10-2-3-18(24)22-16-7-4-14(5-8-16)19-23-21-12-26-19/h4-9,11-12H,2-3,10H2,1H3,(H,22,24). The van der Waals surface area contributed by atoms with Crippen molar-refractivity contribution in [3.63, 3.8) is 0 Å². The molecule has 2 aromatic carbocycles. The number of hydrogen-bond donors (Lipinski definition) is 1. The van der Waals surface area contributed by atoms with E-state index in [0.29, 0.717) is 36.0 Å². The Labute approximate surface area is 156 Å². The van der Waals surface area contributed by atoms with Gasteiger partial charge in [-0.25, -0.2) is 0 Å². The molecule has 0 spiro atoms. The SMILES string of the molecule is Cc1cc(Cl)ccc1OCCCC(=O)Nc1ccc(-c2nnco2)cc1. The number of anilines is 1. The summed E-state index contributed by atoms with van der Waals surface area (Å²) in [7, 11) is 0. The van der Waals surface area contributed by atoms with Crippen LogP contribution in [0.4, 0.5) is 5.69 Å². The van der Waals surface area contributed by atoms with Crippen LogP contribution in [0.5, 0.6) is 5.75 Å². The third kappa shape index (κ3) is 4.83. The smallest absolute Gasteiger partial charge is 0.247 e. The summed E-state index contributed by atoms with van der Waals surface area (Å²) < 4.78 is 10.8. The van der Waals surface area contributed by atoms with Gasteiger partial charge >= 0.3 is 0 Å². The number of carbonyl (C=O) groups is 1. The first-order valence-corrected chi connectivity index (χ1v) is 8.55. The Bertz CT molecular complexity index is 864. The molecule has 1 aromatic heterocycles. The monoisotopic (exact) mass is 371 g/mol. The van der Waals surface area contributed by atoms with E-state index in [2.05, 4.69) is 15.5 Å². The van der Waals surface area contributed by atoms with E-state index in [1.54, 1.807) is 18.2 Å². The first kappa shape index (κ1) is 17.9. The molecule has 0 bridgehead atoms. The average molecular weight is 372 g/mol. The van der Waals surface area contributed by atoms with E-state index in [1.165, 1.54) is 6.39 Å². The molecule has 1 amide bonds. The molecule has 0 fully saturated rings. The maximum absolute atomic E-state index is 12.0. The summed E-state index contributed by atoms with van der Waals surface area (Å²) in [5.41, 5.74) is 2.49. The Balaban J connectivity index is 1.42. The number of aromatic nitrogens is 2. The third-order valence-electron chi connectivity index (χ3n) is 3.72. The van der Waals surface area contributed by atoms with E-state index in [4.69, 9.17) is 20.8 Å². The Kier molecular flexibility index (Phi) is 5.86. The molecular weight excluding hydrogens is 354 g/mol. The number of aryl methyl sites for hydroxylation is 1. The van der Waals surface area contributed by atoms with Gasteiger partial charge in [0.1, 0.15) is 5.75 Å². The number of nitrogens with zero attached hydrogens (tertiary/aromatic N) is 2. The van der Waals surface area contributed by atoms with Gasteiger partial charge in [-0.15, -0.1) is 10.2 Å². The maximum Gasteiger partial charge on any atom is 0.247 e. The minimum absolute atomic E-state index is 0.0630. The highest BCUT2D eigenvalue weighted by Gasteiger charge is 2.06. The quantitative estimate of drug-likeness (QED) is 0.619. The summed E-state index contributed by atoms with van der Waals surface area (Å²) in [6.07, 6.45) is 2.27. The molecule has 0 atom stereocenters. The van der Waals surface area contributed by atoms with Crippen LogP contribution in [0.1, 0.15) is 18.4 Å². The summed E-state index contributed by atoms with van der Waals surface area (Å²) in [5.74, 6) is 1.16. The number of ether oxygens (including phenoxy) is 1. The Hall–Kier alpha value is -2.86. The Morgan fingerprint density at radius 1 is 1.23 bits per heavy atom. The van der Waals surface area contributed by atoms with E-state index in [1.807, 2.05) is 31.2 Å². The van der Waals surface area contributed by atoms with Crippen LogP contribution in [0.25, 0.3) is 11.5 Å². The largest absolute Gasteiger partial charge is 0.493 e. The lowest BCUT2D eigenvalue weighted by molar-refractivity contribution is -0.116. The van der Waals surface area contributed by atoms with Gasteiger partial charge in [-0.1, -0.05) is 11.6 Å². The molecule has 0 aliphatic rings. The molecular formula is C19H18ClN3O3. The van der Waals surface area contributed by atoms with Gasteiger partial charge in [-0.3, -0.25) is 4.79 Å². The third-order valence-corrected chi connectivity index (χ3v) is 3.95. The lowest BCUT2D eigenvalue weighted by Gasteiger charge is -2.09. The molecule has 1 N–H and O–H groups in total. The van der Waals surface area contributed by atoms with E-state index < -0.39 is 0 Å². The predicted octanol–water partition coefficient (Wildman–Crippen LogP) is 4.50. The second kappa shape index (κ2) is 8.49. The molecule has 26 heavy (non-hydrogen) atoms. The van der Waals surface area contributed by atoms with Crippen molar-refractivity contribution >= 4 is 23.2 Å². The molecule has 0 radical (unpaired) electrons. The van der Waals surface area contributed by atoms with Crippen LogP contribution in [-0.4, -0.2) is 22.7 Å². The molecule has 0 aliphatic heterocycles. The minimum Gasteiger partial charge on any atom is -0.493 e. The van der Waals surface area contributed by atoms with Crippen molar-refractivity contribution in [3.05, 3.63) is 59.4 Å². The zero-order valence-corrected chi connectivity index (χ0v) is 15.0. The van der Waals surface area contributed by atoms with Gasteiger partial charge in [0.2, 0.25) is 18.2 Å². The first-order valence-electron chi connectivity index (χ1n) is 8.17. The van der Waals surface area contributed by atoms with Crippen molar-refractivity contribution in [1.82, 2.24) is 10.2 Å². The highest BCUT2D eigenvalue weighted by atomic mass is 35.5. The Morgan fingerprint density at radius 2 is 2.04 bits per heavy atom. The molecule has 1 heterocycles. The van der Waals surface area contributed by atoms with E-state index >= 15 is 0 Å². The number of nitrogens with one attached hydrogen (secondary N) is 1. The molecule has 134 valence electrons. The van der Waals surface area contributed by atoms with E-state index in [9.17, 15) is 4.79 Å². The lowest BCUT2D eigenvalue weighted by Crippen LogP contribution is -2.12. The van der Waals surface area contributed by atoms with Gasteiger partial charge in [0, 0.05) is 22.7 Å². The second-order valence-electron chi connectivity index (χ2n) is 5.73. The lowest BCUT2D eigenvalue weighted by atomic mass is 10.2. The van der Waals surface area contributed by atoms with Crippen molar-refractivity contribution in [2.75, 3.05) is 11.9 Å². The topological polar surface area (TPSA) is 77.2 Å². The summed E-state index contributed by atoms with van der Waals surface area (Å²) in [5, 5.41) is 11.0. The molecule has 0 saturated carbocycles. The number of benzene rings is 2. The number of rotatable bonds is 7. The highest BCUT2D eigenvalue weighted by molar-refractivity contribution is 6.30. The first-order chi connectivity index (χ1) is 12.6. The fraction of sp³-hybridized carbons (Fsp3) is 0.211. The molecule has 6 nitrogen and oxygen atoms in total. The number of halogens is 1. The van der Waals surface area contributed by atoms with Crippen LogP contribution in [0.3, 0.4) is 0 Å². The van der Waals surface area contributed by atoms with Crippen molar-refractivity contribution in [3.8, 4) is 17.2 Å². The van der Waals surface area contributed by atoms with Gasteiger partial charge in [0.05, 0.1) is 6.61 Å². The summed E-state index contributed by atoms with van der Waals surface area (Å²) >= 11 is 5.92. The van der Waals surface area contributed by atoms with Crippen molar-refractivity contribution < 1.29 is 13.9 Å². The zero-order valence-electron chi connectivity index (χ0n) is 14.2. The van der Waals surface area contributed by atoms with E-state index in [-0.39, 0.29) is 5.91 Å². The van der Waals surface area contributed by atoms with Crippen molar-refractivity contribution in [1.29, 1.82) is 0 Å². The fourth-order valence-electron chi connectivity index (χ4n) is 2.41. The normalized spacial score (nSPS) is 10.5. The van der Waals surface area contributed by atoms with E-state index in [0.717, 1.165) is 16.9 Å². The molecule has 3 aromatic rings. The van der Waals surface area contributed by atoms with Crippen molar-refractivity contribution in [2.45, 2.75) is 19.8 Å². The summed E-state index contributed by atoms with van der Waals surface area (Å²) in [6.45, 7) is 2.40. The second-order valence-corrected chi connectivity index (χ2v) is 6.17. The molecule has 3 rings (SSSR count). The molecule has 0 unspecified atom stereocenters. The predicted molar refractivity (Wildman–Crippen MR) is 99.3 cm³/mol. The van der Waals surface area contributed by atoms with Crippen LogP contribution in [0, 0.1) is 6.92 Å². The van der Waals surface area contributed by atoms with Crippen molar-refractivity contribution in [2.24, 2.45) is 0 Å². The van der Waals surface area contributed by atoms with Gasteiger partial charge in [0.25, 0.3) is 0 Å². The van der Waals surface area contributed by atoms with Crippen LogP contribution < -0.4 is 10.1 Å². The van der Waals surface area contributed by atoms with Crippen LogP contribution >= 0.6 is 11.6 Å². The maximum atomic E-state index is 12.0.